The maximum Gasteiger partial charge on any atom is 0.511 e. The molecule has 172 valence electrons. The van der Waals surface area contributed by atoms with Gasteiger partial charge in [-0.3, -0.25) is 0 Å². The van der Waals surface area contributed by atoms with Crippen molar-refractivity contribution in [1.29, 1.82) is 0 Å². The summed E-state index contributed by atoms with van der Waals surface area (Å²) in [6.45, 7) is 5.86. The molecule has 0 fully saturated rings. The second-order valence-electron chi connectivity index (χ2n) is 7.67. The molecule has 0 amide bonds. The molecule has 0 bridgehead atoms. The largest absolute Gasteiger partial charge is 0.511 e. The number of hydrogen-bond donors (Lipinski definition) is 2. The molecule has 0 unspecified atom stereocenters. The summed E-state index contributed by atoms with van der Waals surface area (Å²) in [5, 5.41) is 18.9. The van der Waals surface area contributed by atoms with Gasteiger partial charge in [-0.05, 0) is 50.2 Å². The van der Waals surface area contributed by atoms with E-state index in [1.807, 2.05) is 0 Å². The van der Waals surface area contributed by atoms with Crippen molar-refractivity contribution in [2.24, 2.45) is 0 Å². The zero-order chi connectivity index (χ0) is 22.0. The summed E-state index contributed by atoms with van der Waals surface area (Å²) in [7, 11) is 0. The van der Waals surface area contributed by atoms with Gasteiger partial charge in [-0.2, -0.15) is 0 Å². The number of carboxylic acid groups (broad SMARTS) is 1. The first-order chi connectivity index (χ1) is 14.6. The summed E-state index contributed by atoms with van der Waals surface area (Å²) in [5.74, 6) is -0.125. The third-order valence-electron chi connectivity index (χ3n) is 5.02. The highest BCUT2D eigenvalue weighted by atomic mass is 16.7. The molecule has 6 nitrogen and oxygen atoms in total. The SMILES string of the molecule is CCCCCCOC(CCCCc1cccc(OC(=O)O)c1O)OCCCCCC. The number of hydrogen-bond acceptors (Lipinski definition) is 5. The van der Waals surface area contributed by atoms with E-state index < -0.39 is 6.16 Å². The zero-order valence-corrected chi connectivity index (χ0v) is 18.7. The van der Waals surface area contributed by atoms with Gasteiger partial charge >= 0.3 is 6.16 Å². The monoisotopic (exact) mass is 424 g/mol. The van der Waals surface area contributed by atoms with Gasteiger partial charge in [0, 0.05) is 13.2 Å². The number of para-hydroxylation sites is 1. The van der Waals surface area contributed by atoms with Gasteiger partial charge in [0.2, 0.25) is 0 Å². The minimum Gasteiger partial charge on any atom is -0.504 e. The Labute approximate surface area is 181 Å². The molecular weight excluding hydrogens is 384 g/mol. The van der Waals surface area contributed by atoms with Crippen LogP contribution in [0.25, 0.3) is 0 Å². The van der Waals surface area contributed by atoms with Crippen molar-refractivity contribution < 1.29 is 29.2 Å². The highest BCUT2D eigenvalue weighted by Crippen LogP contribution is 2.31. The number of aryl methyl sites for hydroxylation is 1. The average molecular weight is 425 g/mol. The van der Waals surface area contributed by atoms with Crippen LogP contribution in [0.5, 0.6) is 11.5 Å². The van der Waals surface area contributed by atoms with Crippen LogP contribution in [0.1, 0.15) is 90.0 Å². The fourth-order valence-corrected chi connectivity index (χ4v) is 3.27. The van der Waals surface area contributed by atoms with E-state index in [0.717, 1.165) is 45.3 Å². The molecule has 0 aliphatic rings. The Morgan fingerprint density at radius 2 is 1.53 bits per heavy atom. The first-order valence-corrected chi connectivity index (χ1v) is 11.5. The lowest BCUT2D eigenvalue weighted by Crippen LogP contribution is -2.19. The standard InChI is InChI=1S/C24H40O6/c1-3-5-7-11-18-28-22(29-19-12-8-6-4-2)17-10-9-14-20-15-13-16-21(23(20)25)30-24(26)27/h13,15-16,22,25H,3-12,14,17-19H2,1-2H3,(H,26,27). The van der Waals surface area contributed by atoms with E-state index in [9.17, 15) is 9.90 Å². The summed E-state index contributed by atoms with van der Waals surface area (Å²) in [6, 6.07) is 4.92. The molecule has 0 radical (unpaired) electrons. The average Bonchev–Trinajstić information content (AvgIpc) is 2.72. The minimum atomic E-state index is -1.43. The van der Waals surface area contributed by atoms with E-state index in [1.54, 1.807) is 12.1 Å². The van der Waals surface area contributed by atoms with E-state index >= 15 is 0 Å². The van der Waals surface area contributed by atoms with E-state index in [4.69, 9.17) is 14.6 Å². The van der Waals surface area contributed by atoms with Gasteiger partial charge < -0.3 is 24.4 Å². The third-order valence-corrected chi connectivity index (χ3v) is 5.02. The molecule has 1 aromatic rings. The van der Waals surface area contributed by atoms with E-state index in [1.165, 1.54) is 44.6 Å². The van der Waals surface area contributed by atoms with Crippen LogP contribution in [0.2, 0.25) is 0 Å². The molecule has 0 atom stereocenters. The molecule has 6 heteroatoms. The number of rotatable bonds is 18. The van der Waals surface area contributed by atoms with Crippen molar-refractivity contribution in [1.82, 2.24) is 0 Å². The Morgan fingerprint density at radius 1 is 0.900 bits per heavy atom. The zero-order valence-electron chi connectivity index (χ0n) is 18.7. The van der Waals surface area contributed by atoms with Crippen LogP contribution >= 0.6 is 0 Å². The van der Waals surface area contributed by atoms with Gasteiger partial charge in [-0.25, -0.2) is 4.79 Å². The minimum absolute atomic E-state index is 0.0244. The number of aromatic hydroxyl groups is 1. The number of phenols is 1. The van der Waals surface area contributed by atoms with Crippen LogP contribution < -0.4 is 4.74 Å². The molecule has 0 spiro atoms. The lowest BCUT2D eigenvalue weighted by molar-refractivity contribution is -0.148. The molecule has 0 aliphatic carbocycles. The summed E-state index contributed by atoms with van der Waals surface area (Å²) < 4.78 is 16.6. The summed E-state index contributed by atoms with van der Waals surface area (Å²) in [5.41, 5.74) is 0.686. The normalized spacial score (nSPS) is 11.2. The fourth-order valence-electron chi connectivity index (χ4n) is 3.27. The topological polar surface area (TPSA) is 85.2 Å². The van der Waals surface area contributed by atoms with Crippen LogP contribution in [-0.2, 0) is 15.9 Å². The second kappa shape index (κ2) is 16.9. The smallest absolute Gasteiger partial charge is 0.504 e. The third kappa shape index (κ3) is 12.0. The van der Waals surface area contributed by atoms with Crippen molar-refractivity contribution in [3.05, 3.63) is 23.8 Å². The number of benzene rings is 1. The Kier molecular flexibility index (Phi) is 14.8. The quantitative estimate of drug-likeness (QED) is 0.118. The van der Waals surface area contributed by atoms with Crippen molar-refractivity contribution in [2.45, 2.75) is 97.2 Å². The molecule has 30 heavy (non-hydrogen) atoms. The maximum atomic E-state index is 10.7. The molecule has 2 N–H and O–H groups in total. The van der Waals surface area contributed by atoms with Gasteiger partial charge in [0.15, 0.2) is 17.8 Å². The summed E-state index contributed by atoms with van der Waals surface area (Å²) >= 11 is 0. The van der Waals surface area contributed by atoms with Crippen molar-refractivity contribution in [3.8, 4) is 11.5 Å². The first kappa shape index (κ1) is 26.2. The van der Waals surface area contributed by atoms with Gasteiger partial charge in [0.1, 0.15) is 0 Å². The molecule has 1 aromatic carbocycles. The molecule has 0 heterocycles. The van der Waals surface area contributed by atoms with Gasteiger partial charge in [-0.1, -0.05) is 64.5 Å². The summed E-state index contributed by atoms with van der Waals surface area (Å²) in [4.78, 5) is 10.7. The Morgan fingerprint density at radius 3 is 2.10 bits per heavy atom. The van der Waals surface area contributed by atoms with Crippen molar-refractivity contribution >= 4 is 6.16 Å². The molecule has 0 aromatic heterocycles. The predicted molar refractivity (Wildman–Crippen MR) is 118 cm³/mol. The van der Waals surface area contributed by atoms with Crippen molar-refractivity contribution in [3.63, 3.8) is 0 Å². The summed E-state index contributed by atoms with van der Waals surface area (Å²) in [6.07, 6.45) is 11.0. The second-order valence-corrected chi connectivity index (χ2v) is 7.67. The Bertz CT molecular complexity index is 561. The highest BCUT2D eigenvalue weighted by Gasteiger charge is 2.13. The molecule has 0 saturated carbocycles. The number of ether oxygens (including phenoxy) is 3. The molecule has 1 rings (SSSR count). The maximum absolute atomic E-state index is 10.7. The van der Waals surface area contributed by atoms with Gasteiger partial charge in [0.05, 0.1) is 0 Å². The Balaban J connectivity index is 2.40. The molecule has 0 aliphatic heterocycles. The van der Waals surface area contributed by atoms with Gasteiger partial charge in [0.25, 0.3) is 0 Å². The van der Waals surface area contributed by atoms with Crippen molar-refractivity contribution in [2.75, 3.05) is 13.2 Å². The van der Waals surface area contributed by atoms with E-state index in [-0.39, 0.29) is 17.8 Å². The molecular formula is C24H40O6. The number of unbranched alkanes of at least 4 members (excludes halogenated alkanes) is 7. The van der Waals surface area contributed by atoms with E-state index in [2.05, 4.69) is 18.6 Å². The lowest BCUT2D eigenvalue weighted by Gasteiger charge is -2.19. The fraction of sp³-hybridized carbons (Fsp3) is 0.708. The number of phenolic OH excluding ortho intramolecular Hbond substituents is 1. The van der Waals surface area contributed by atoms with Crippen LogP contribution in [0.4, 0.5) is 4.79 Å². The highest BCUT2D eigenvalue weighted by molar-refractivity contribution is 5.63. The molecule has 0 saturated heterocycles. The predicted octanol–water partition coefficient (Wildman–Crippen LogP) is 6.68. The van der Waals surface area contributed by atoms with Crippen LogP contribution in [0.3, 0.4) is 0 Å². The van der Waals surface area contributed by atoms with Crippen LogP contribution in [0, 0.1) is 0 Å². The number of carbonyl (C=O) groups is 1. The first-order valence-electron chi connectivity index (χ1n) is 11.5. The van der Waals surface area contributed by atoms with Crippen LogP contribution in [-0.4, -0.2) is 35.9 Å². The lowest BCUT2D eigenvalue weighted by atomic mass is 10.1. The van der Waals surface area contributed by atoms with E-state index in [0.29, 0.717) is 12.0 Å². The van der Waals surface area contributed by atoms with Crippen LogP contribution in [0.15, 0.2) is 18.2 Å². The Hall–Kier alpha value is -1.79. The van der Waals surface area contributed by atoms with Gasteiger partial charge in [-0.15, -0.1) is 0 Å².